The van der Waals surface area contributed by atoms with Crippen LogP contribution in [0.4, 0.5) is 10.5 Å². The van der Waals surface area contributed by atoms with Crippen LogP contribution in [0.5, 0.6) is 0 Å². The van der Waals surface area contributed by atoms with Gasteiger partial charge in [-0.1, -0.05) is 48.5 Å². The molecule has 1 fully saturated rings. The highest BCUT2D eigenvalue weighted by Crippen LogP contribution is 2.36. The lowest BCUT2D eigenvalue weighted by molar-refractivity contribution is 0.124. The third-order valence-electron chi connectivity index (χ3n) is 4.60. The molecule has 1 aliphatic rings. The van der Waals surface area contributed by atoms with Crippen LogP contribution in [0.2, 0.25) is 0 Å². The molecule has 4 nitrogen and oxygen atoms in total. The van der Waals surface area contributed by atoms with Crippen molar-refractivity contribution in [1.29, 1.82) is 0 Å². The van der Waals surface area contributed by atoms with Crippen LogP contribution in [0.15, 0.2) is 54.6 Å². The molecule has 4 heteroatoms. The van der Waals surface area contributed by atoms with Crippen molar-refractivity contribution < 1.29 is 9.90 Å². The fourth-order valence-corrected chi connectivity index (χ4v) is 3.00. The van der Waals surface area contributed by atoms with Crippen molar-refractivity contribution >= 4 is 11.7 Å². The zero-order valence-corrected chi connectivity index (χ0v) is 14.0. The molecule has 24 heavy (non-hydrogen) atoms. The first-order chi connectivity index (χ1) is 11.7. The standard InChI is InChI=1S/C20H24N2O2/c1-15-7-5-6-10-18(15)21-20(24)22(19(14-23)17-11-12-17)13-16-8-3-2-4-9-16/h2-10,17,19,23H,11-14H2,1H3,(H,21,24). The van der Waals surface area contributed by atoms with E-state index < -0.39 is 0 Å². The third kappa shape index (κ3) is 3.95. The Labute approximate surface area is 143 Å². The SMILES string of the molecule is Cc1ccccc1NC(=O)N(Cc1ccccc1)C(CO)C1CC1. The van der Waals surface area contributed by atoms with Crippen molar-refractivity contribution in [3.63, 3.8) is 0 Å². The molecule has 1 saturated carbocycles. The van der Waals surface area contributed by atoms with Crippen LogP contribution in [-0.4, -0.2) is 28.7 Å². The van der Waals surface area contributed by atoms with Crippen LogP contribution in [-0.2, 0) is 6.54 Å². The molecule has 126 valence electrons. The highest BCUT2D eigenvalue weighted by atomic mass is 16.3. The first-order valence-electron chi connectivity index (χ1n) is 8.47. The van der Waals surface area contributed by atoms with E-state index in [4.69, 9.17) is 0 Å². The van der Waals surface area contributed by atoms with Crippen LogP contribution in [0.25, 0.3) is 0 Å². The van der Waals surface area contributed by atoms with Gasteiger partial charge >= 0.3 is 6.03 Å². The molecule has 1 aliphatic carbocycles. The highest BCUT2D eigenvalue weighted by Gasteiger charge is 2.37. The fourth-order valence-electron chi connectivity index (χ4n) is 3.00. The van der Waals surface area contributed by atoms with E-state index >= 15 is 0 Å². The topological polar surface area (TPSA) is 52.6 Å². The maximum Gasteiger partial charge on any atom is 0.322 e. The van der Waals surface area contributed by atoms with E-state index in [1.807, 2.05) is 61.5 Å². The van der Waals surface area contributed by atoms with E-state index in [1.54, 1.807) is 4.90 Å². The summed E-state index contributed by atoms with van der Waals surface area (Å²) in [6, 6.07) is 17.4. The quantitative estimate of drug-likeness (QED) is 0.849. The van der Waals surface area contributed by atoms with Crippen LogP contribution in [0.3, 0.4) is 0 Å². The number of nitrogens with one attached hydrogen (secondary N) is 1. The summed E-state index contributed by atoms with van der Waals surface area (Å²) in [5.41, 5.74) is 2.90. The molecule has 0 saturated heterocycles. The summed E-state index contributed by atoms with van der Waals surface area (Å²) in [7, 11) is 0. The Balaban J connectivity index is 1.80. The Hall–Kier alpha value is -2.33. The van der Waals surface area contributed by atoms with E-state index in [1.165, 1.54) is 0 Å². The van der Waals surface area contributed by atoms with Crippen molar-refractivity contribution in [2.24, 2.45) is 5.92 Å². The van der Waals surface area contributed by atoms with Crippen LogP contribution < -0.4 is 5.32 Å². The van der Waals surface area contributed by atoms with Gasteiger partial charge in [-0.3, -0.25) is 0 Å². The number of hydrogen-bond donors (Lipinski definition) is 2. The summed E-state index contributed by atoms with van der Waals surface area (Å²) < 4.78 is 0. The van der Waals surface area contributed by atoms with E-state index in [2.05, 4.69) is 5.32 Å². The number of anilines is 1. The number of nitrogens with zero attached hydrogens (tertiary/aromatic N) is 1. The summed E-state index contributed by atoms with van der Waals surface area (Å²) in [4.78, 5) is 14.7. The van der Waals surface area contributed by atoms with Gasteiger partial charge in [0.1, 0.15) is 0 Å². The zero-order chi connectivity index (χ0) is 16.9. The normalized spacial score (nSPS) is 14.9. The van der Waals surface area contributed by atoms with Crippen LogP contribution >= 0.6 is 0 Å². The van der Waals surface area contributed by atoms with E-state index in [0.717, 1.165) is 29.7 Å². The van der Waals surface area contributed by atoms with Gasteiger partial charge in [0.25, 0.3) is 0 Å². The molecule has 1 unspecified atom stereocenters. The number of urea groups is 1. The third-order valence-corrected chi connectivity index (χ3v) is 4.60. The maximum absolute atomic E-state index is 12.9. The molecule has 2 amide bonds. The number of aryl methyl sites for hydroxylation is 1. The first kappa shape index (κ1) is 16.5. The molecule has 2 N–H and O–H groups in total. The van der Waals surface area contributed by atoms with E-state index in [9.17, 15) is 9.90 Å². The largest absolute Gasteiger partial charge is 0.394 e. The molecule has 0 spiro atoms. The van der Waals surface area contributed by atoms with Gasteiger partial charge in [0.15, 0.2) is 0 Å². The lowest BCUT2D eigenvalue weighted by Gasteiger charge is -2.31. The smallest absolute Gasteiger partial charge is 0.322 e. The molecule has 0 bridgehead atoms. The number of hydrogen-bond acceptors (Lipinski definition) is 2. The molecule has 0 heterocycles. The van der Waals surface area contributed by atoms with Gasteiger partial charge in [-0.15, -0.1) is 0 Å². The predicted molar refractivity (Wildman–Crippen MR) is 95.8 cm³/mol. The summed E-state index contributed by atoms with van der Waals surface area (Å²) in [6.45, 7) is 2.47. The van der Waals surface area contributed by atoms with E-state index in [-0.39, 0.29) is 18.7 Å². The number of para-hydroxylation sites is 1. The molecule has 3 rings (SSSR count). The molecule has 2 aromatic carbocycles. The van der Waals surface area contributed by atoms with E-state index in [0.29, 0.717) is 12.5 Å². The molecular formula is C20H24N2O2. The first-order valence-corrected chi connectivity index (χ1v) is 8.47. The highest BCUT2D eigenvalue weighted by molar-refractivity contribution is 5.90. The summed E-state index contributed by atoms with van der Waals surface area (Å²) in [6.07, 6.45) is 2.16. The molecule has 0 radical (unpaired) electrons. The number of carbonyl (C=O) groups is 1. The second-order valence-electron chi connectivity index (χ2n) is 6.45. The summed E-state index contributed by atoms with van der Waals surface area (Å²) in [5.74, 6) is 0.404. The fraction of sp³-hybridized carbons (Fsp3) is 0.350. The predicted octanol–water partition coefficient (Wildman–Crippen LogP) is 3.80. The lowest BCUT2D eigenvalue weighted by atomic mass is 10.1. The van der Waals surface area contributed by atoms with Gasteiger partial charge in [0.2, 0.25) is 0 Å². The number of amides is 2. The van der Waals surface area contributed by atoms with Gasteiger partial charge in [-0.05, 0) is 42.9 Å². The Morgan fingerprint density at radius 3 is 2.46 bits per heavy atom. The zero-order valence-electron chi connectivity index (χ0n) is 14.0. The minimum Gasteiger partial charge on any atom is -0.394 e. The Bertz CT molecular complexity index is 683. The van der Waals surface area contributed by atoms with Crippen molar-refractivity contribution in [1.82, 2.24) is 4.90 Å². The molecule has 0 aliphatic heterocycles. The minimum absolute atomic E-state index is 0.00130. The Kier molecular flexibility index (Phi) is 5.16. The summed E-state index contributed by atoms with van der Waals surface area (Å²) >= 11 is 0. The maximum atomic E-state index is 12.9. The molecule has 2 aromatic rings. The Morgan fingerprint density at radius 2 is 1.83 bits per heavy atom. The number of rotatable bonds is 6. The van der Waals surface area contributed by atoms with Crippen molar-refractivity contribution in [3.05, 3.63) is 65.7 Å². The van der Waals surface area contributed by atoms with Gasteiger partial charge in [0, 0.05) is 12.2 Å². The van der Waals surface area contributed by atoms with Crippen molar-refractivity contribution in [2.45, 2.75) is 32.4 Å². The number of aliphatic hydroxyl groups is 1. The van der Waals surface area contributed by atoms with Crippen LogP contribution in [0.1, 0.15) is 24.0 Å². The molecule has 1 atom stereocenters. The monoisotopic (exact) mass is 324 g/mol. The average molecular weight is 324 g/mol. The number of benzene rings is 2. The second kappa shape index (κ2) is 7.49. The Morgan fingerprint density at radius 1 is 1.17 bits per heavy atom. The second-order valence-corrected chi connectivity index (χ2v) is 6.45. The summed E-state index contributed by atoms with van der Waals surface area (Å²) in [5, 5.41) is 12.8. The number of carbonyl (C=O) groups excluding carboxylic acids is 1. The molecular weight excluding hydrogens is 300 g/mol. The average Bonchev–Trinajstić information content (AvgIpc) is 3.42. The van der Waals surface area contributed by atoms with Gasteiger partial charge in [-0.2, -0.15) is 0 Å². The van der Waals surface area contributed by atoms with Gasteiger partial charge in [-0.25, -0.2) is 4.79 Å². The molecule has 0 aromatic heterocycles. The lowest BCUT2D eigenvalue weighted by Crippen LogP contribution is -2.45. The van der Waals surface area contributed by atoms with Crippen molar-refractivity contribution in [3.8, 4) is 0 Å². The van der Waals surface area contributed by atoms with Gasteiger partial charge in [0.05, 0.1) is 12.6 Å². The van der Waals surface area contributed by atoms with Crippen LogP contribution in [0, 0.1) is 12.8 Å². The van der Waals surface area contributed by atoms with Gasteiger partial charge < -0.3 is 15.3 Å². The van der Waals surface area contributed by atoms with Crippen molar-refractivity contribution in [2.75, 3.05) is 11.9 Å². The minimum atomic E-state index is -0.154. The number of aliphatic hydroxyl groups excluding tert-OH is 1.